The van der Waals surface area contributed by atoms with Crippen LogP contribution in [0.3, 0.4) is 0 Å². The van der Waals surface area contributed by atoms with E-state index >= 15 is 0 Å². The van der Waals surface area contributed by atoms with E-state index in [2.05, 4.69) is 5.32 Å². The van der Waals surface area contributed by atoms with Crippen molar-refractivity contribution in [3.05, 3.63) is 34.3 Å². The fourth-order valence-corrected chi connectivity index (χ4v) is 2.15. The van der Waals surface area contributed by atoms with Crippen LogP contribution in [0, 0.1) is 0 Å². The number of benzene rings is 1. The summed E-state index contributed by atoms with van der Waals surface area (Å²) in [6, 6.07) is 3.47. The van der Waals surface area contributed by atoms with Crippen LogP contribution < -0.4 is 5.32 Å². The van der Waals surface area contributed by atoms with Gasteiger partial charge in [-0.25, -0.2) is 0 Å². The van der Waals surface area contributed by atoms with Crippen LogP contribution in [0.2, 0.25) is 5.02 Å². The molecular formula is C11H11ClF3N. The Balaban J connectivity index is 2.46. The minimum atomic E-state index is -4.32. The van der Waals surface area contributed by atoms with E-state index in [-0.39, 0.29) is 5.54 Å². The largest absolute Gasteiger partial charge is 0.416 e. The second kappa shape index (κ2) is 3.64. The Bertz CT molecular complexity index is 410. The maximum absolute atomic E-state index is 12.5. The Hall–Kier alpha value is -0.740. The number of alkyl halides is 3. The Morgan fingerprint density at radius 2 is 1.94 bits per heavy atom. The Labute approximate surface area is 96.6 Å². The highest BCUT2D eigenvalue weighted by atomic mass is 35.5. The van der Waals surface area contributed by atoms with Crippen molar-refractivity contribution in [1.82, 2.24) is 5.32 Å². The fourth-order valence-electron chi connectivity index (χ4n) is 1.85. The highest BCUT2D eigenvalue weighted by Gasteiger charge is 2.45. The molecule has 1 aromatic carbocycles. The van der Waals surface area contributed by atoms with Crippen LogP contribution in [0.25, 0.3) is 0 Å². The van der Waals surface area contributed by atoms with Gasteiger partial charge in [-0.2, -0.15) is 13.2 Å². The van der Waals surface area contributed by atoms with Gasteiger partial charge in [-0.3, -0.25) is 0 Å². The first-order chi connectivity index (χ1) is 7.39. The summed E-state index contributed by atoms with van der Waals surface area (Å²) in [7, 11) is 1.74. The van der Waals surface area contributed by atoms with Gasteiger partial charge in [-0.05, 0) is 43.7 Å². The van der Waals surface area contributed by atoms with Crippen molar-refractivity contribution in [1.29, 1.82) is 0 Å². The molecule has 0 radical (unpaired) electrons. The summed E-state index contributed by atoms with van der Waals surface area (Å²) in [5, 5.41) is 3.43. The molecule has 1 aliphatic carbocycles. The molecule has 0 amide bonds. The molecule has 16 heavy (non-hydrogen) atoms. The second-order valence-electron chi connectivity index (χ2n) is 4.02. The smallest absolute Gasteiger partial charge is 0.310 e. The molecule has 1 saturated carbocycles. The van der Waals surface area contributed by atoms with Crippen LogP contribution in [0.1, 0.15) is 24.0 Å². The molecule has 0 aliphatic heterocycles. The van der Waals surface area contributed by atoms with E-state index in [9.17, 15) is 13.2 Å². The van der Waals surface area contributed by atoms with Crippen LogP contribution in [0.4, 0.5) is 13.2 Å². The van der Waals surface area contributed by atoms with Crippen LogP contribution in [-0.2, 0) is 11.7 Å². The van der Waals surface area contributed by atoms with Crippen LogP contribution in [0.5, 0.6) is 0 Å². The van der Waals surface area contributed by atoms with E-state index in [0.717, 1.165) is 25.0 Å². The van der Waals surface area contributed by atoms with Gasteiger partial charge in [-0.15, -0.1) is 0 Å². The van der Waals surface area contributed by atoms with Gasteiger partial charge in [0, 0.05) is 10.6 Å². The zero-order valence-electron chi connectivity index (χ0n) is 8.66. The molecule has 1 aliphatic rings. The zero-order chi connectivity index (χ0) is 12.0. The molecule has 0 unspecified atom stereocenters. The van der Waals surface area contributed by atoms with Gasteiger partial charge in [0.2, 0.25) is 0 Å². The minimum absolute atomic E-state index is 0.349. The molecule has 0 spiro atoms. The average Bonchev–Trinajstić information content (AvgIpc) is 2.97. The van der Waals surface area contributed by atoms with Crippen LogP contribution in [-0.4, -0.2) is 7.05 Å². The molecule has 1 N–H and O–H groups in total. The molecule has 2 rings (SSSR count). The first-order valence-electron chi connectivity index (χ1n) is 4.95. The van der Waals surface area contributed by atoms with Gasteiger partial charge in [0.05, 0.1) is 5.56 Å². The first-order valence-corrected chi connectivity index (χ1v) is 5.33. The van der Waals surface area contributed by atoms with Crippen LogP contribution >= 0.6 is 11.6 Å². The highest BCUT2D eigenvalue weighted by Crippen LogP contribution is 2.48. The maximum Gasteiger partial charge on any atom is 0.416 e. The Morgan fingerprint density at radius 3 is 2.38 bits per heavy atom. The average molecular weight is 250 g/mol. The molecule has 0 bridgehead atoms. The third kappa shape index (κ3) is 1.92. The van der Waals surface area contributed by atoms with Crippen molar-refractivity contribution in [2.45, 2.75) is 24.6 Å². The maximum atomic E-state index is 12.5. The number of rotatable bonds is 2. The summed E-state index contributed by atoms with van der Waals surface area (Å²) in [6.07, 6.45) is -2.67. The van der Waals surface area contributed by atoms with Gasteiger partial charge < -0.3 is 5.32 Å². The molecule has 88 valence electrons. The fraction of sp³-hybridized carbons (Fsp3) is 0.455. The minimum Gasteiger partial charge on any atom is -0.310 e. The summed E-state index contributed by atoms with van der Waals surface area (Å²) >= 11 is 5.94. The lowest BCUT2D eigenvalue weighted by molar-refractivity contribution is -0.137. The standard InChI is InChI=1S/C11H11ClF3N/c1-16-10(4-5-10)8-6-7(11(13,14)15)2-3-9(8)12/h2-3,6,16H,4-5H2,1H3. The van der Waals surface area contributed by atoms with Gasteiger partial charge in [0.25, 0.3) is 0 Å². The first kappa shape index (κ1) is 11.7. The summed E-state index contributed by atoms with van der Waals surface area (Å²) in [4.78, 5) is 0. The normalized spacial score (nSPS) is 18.6. The lowest BCUT2D eigenvalue weighted by Gasteiger charge is -2.18. The lowest BCUT2D eigenvalue weighted by atomic mass is 10.0. The van der Waals surface area contributed by atoms with Gasteiger partial charge in [0.1, 0.15) is 0 Å². The summed E-state index contributed by atoms with van der Waals surface area (Å²) < 4.78 is 37.6. The van der Waals surface area contributed by atoms with E-state index in [4.69, 9.17) is 11.6 Å². The summed E-state index contributed by atoms with van der Waals surface area (Å²) in [6.45, 7) is 0. The van der Waals surface area contributed by atoms with E-state index in [1.165, 1.54) is 6.07 Å². The molecular weight excluding hydrogens is 239 g/mol. The number of halogens is 4. The number of hydrogen-bond donors (Lipinski definition) is 1. The predicted octanol–water partition coefficient (Wildman–Crippen LogP) is 3.57. The topological polar surface area (TPSA) is 12.0 Å². The van der Waals surface area contributed by atoms with Gasteiger partial charge >= 0.3 is 6.18 Å². The van der Waals surface area contributed by atoms with Crippen LogP contribution in [0.15, 0.2) is 18.2 Å². The van der Waals surface area contributed by atoms with E-state index in [1.807, 2.05) is 0 Å². The number of hydrogen-bond acceptors (Lipinski definition) is 1. The van der Waals surface area contributed by atoms with Gasteiger partial charge in [-0.1, -0.05) is 11.6 Å². The zero-order valence-corrected chi connectivity index (χ0v) is 9.41. The summed E-state index contributed by atoms with van der Waals surface area (Å²) in [5.41, 5.74) is -0.446. The molecule has 1 nitrogen and oxygen atoms in total. The summed E-state index contributed by atoms with van der Waals surface area (Å²) in [5.74, 6) is 0. The van der Waals surface area contributed by atoms with E-state index in [0.29, 0.717) is 10.6 Å². The molecule has 1 fully saturated rings. The van der Waals surface area contributed by atoms with E-state index in [1.54, 1.807) is 7.05 Å². The highest BCUT2D eigenvalue weighted by molar-refractivity contribution is 6.31. The van der Waals surface area contributed by atoms with Crippen molar-refractivity contribution < 1.29 is 13.2 Å². The van der Waals surface area contributed by atoms with Crippen molar-refractivity contribution >= 4 is 11.6 Å². The van der Waals surface area contributed by atoms with Crippen molar-refractivity contribution in [2.24, 2.45) is 0 Å². The molecule has 0 aromatic heterocycles. The molecule has 0 saturated heterocycles. The van der Waals surface area contributed by atoms with Gasteiger partial charge in [0.15, 0.2) is 0 Å². The Kier molecular flexibility index (Phi) is 2.67. The monoisotopic (exact) mass is 249 g/mol. The van der Waals surface area contributed by atoms with Crippen molar-refractivity contribution in [3.63, 3.8) is 0 Å². The van der Waals surface area contributed by atoms with E-state index < -0.39 is 11.7 Å². The molecule has 0 heterocycles. The molecule has 1 aromatic rings. The van der Waals surface area contributed by atoms with Crippen molar-refractivity contribution in [2.75, 3.05) is 7.05 Å². The lowest BCUT2D eigenvalue weighted by Crippen LogP contribution is -2.25. The third-order valence-electron chi connectivity index (χ3n) is 3.04. The quantitative estimate of drug-likeness (QED) is 0.845. The second-order valence-corrected chi connectivity index (χ2v) is 4.43. The molecule has 0 atom stereocenters. The molecule has 5 heteroatoms. The van der Waals surface area contributed by atoms with Crippen molar-refractivity contribution in [3.8, 4) is 0 Å². The Morgan fingerprint density at radius 1 is 1.31 bits per heavy atom. The SMILES string of the molecule is CNC1(c2cc(C(F)(F)F)ccc2Cl)CC1. The number of nitrogens with one attached hydrogen (secondary N) is 1. The third-order valence-corrected chi connectivity index (χ3v) is 3.37. The predicted molar refractivity (Wildman–Crippen MR) is 56.4 cm³/mol.